The number of hydrogen-bond acceptors (Lipinski definition) is 5. The molecule has 98 valence electrons. The van der Waals surface area contributed by atoms with E-state index >= 15 is 0 Å². The Hall–Kier alpha value is -1.82. The normalized spacial score (nSPS) is 14.6. The van der Waals surface area contributed by atoms with Gasteiger partial charge in [-0.1, -0.05) is 5.16 Å². The highest BCUT2D eigenvalue weighted by molar-refractivity contribution is 5.99. The highest BCUT2D eigenvalue weighted by atomic mass is 16.5. The van der Waals surface area contributed by atoms with Crippen molar-refractivity contribution >= 4 is 5.84 Å². The minimum Gasteiger partial charge on any atom is -0.477 e. The van der Waals surface area contributed by atoms with Crippen molar-refractivity contribution in [2.75, 3.05) is 13.2 Å². The number of aliphatic hydroxyl groups is 1. The SMILES string of the molecule is NC(=NO)c1cc2c(nc1OCCCO)CCC2. The van der Waals surface area contributed by atoms with E-state index in [9.17, 15) is 0 Å². The van der Waals surface area contributed by atoms with Gasteiger partial charge in [0.1, 0.15) is 0 Å². The predicted octanol–water partition coefficient (Wildman–Crippen LogP) is 0.426. The summed E-state index contributed by atoms with van der Waals surface area (Å²) in [4.78, 5) is 4.42. The van der Waals surface area contributed by atoms with E-state index < -0.39 is 0 Å². The molecule has 0 fully saturated rings. The number of aromatic nitrogens is 1. The third kappa shape index (κ3) is 2.53. The molecule has 0 aliphatic heterocycles. The fourth-order valence-corrected chi connectivity index (χ4v) is 2.03. The number of aliphatic hydroxyl groups excluding tert-OH is 1. The van der Waals surface area contributed by atoms with Crippen LogP contribution in [0.5, 0.6) is 5.88 Å². The predicted molar refractivity (Wildman–Crippen MR) is 66.0 cm³/mol. The maximum absolute atomic E-state index is 8.77. The molecule has 0 saturated heterocycles. The zero-order valence-corrected chi connectivity index (χ0v) is 10.1. The first-order valence-electron chi connectivity index (χ1n) is 6.00. The lowest BCUT2D eigenvalue weighted by atomic mass is 10.1. The van der Waals surface area contributed by atoms with Crippen molar-refractivity contribution < 1.29 is 15.1 Å². The molecule has 1 heterocycles. The molecule has 18 heavy (non-hydrogen) atoms. The number of amidine groups is 1. The number of fused-ring (bicyclic) bond motifs is 1. The summed E-state index contributed by atoms with van der Waals surface area (Å²) in [6, 6.07) is 1.87. The van der Waals surface area contributed by atoms with Crippen LogP contribution in [-0.2, 0) is 12.8 Å². The first kappa shape index (κ1) is 12.6. The van der Waals surface area contributed by atoms with E-state index in [4.69, 9.17) is 20.8 Å². The molecule has 6 heteroatoms. The van der Waals surface area contributed by atoms with Crippen LogP contribution in [0.3, 0.4) is 0 Å². The zero-order valence-electron chi connectivity index (χ0n) is 10.1. The summed E-state index contributed by atoms with van der Waals surface area (Å²) >= 11 is 0. The van der Waals surface area contributed by atoms with Gasteiger partial charge >= 0.3 is 0 Å². The molecule has 4 N–H and O–H groups in total. The van der Waals surface area contributed by atoms with Crippen LogP contribution in [0.1, 0.15) is 29.7 Å². The molecule has 0 spiro atoms. The van der Waals surface area contributed by atoms with E-state index in [1.54, 1.807) is 0 Å². The summed E-state index contributed by atoms with van der Waals surface area (Å²) in [5.41, 5.74) is 8.28. The van der Waals surface area contributed by atoms with Gasteiger partial charge in [0, 0.05) is 18.7 Å². The second-order valence-corrected chi connectivity index (χ2v) is 4.21. The molecule has 0 saturated carbocycles. The fraction of sp³-hybridized carbons (Fsp3) is 0.500. The molecular weight excluding hydrogens is 234 g/mol. The van der Waals surface area contributed by atoms with Gasteiger partial charge in [-0.2, -0.15) is 0 Å². The van der Waals surface area contributed by atoms with Crippen molar-refractivity contribution in [3.63, 3.8) is 0 Å². The van der Waals surface area contributed by atoms with E-state index in [0.29, 0.717) is 24.5 Å². The molecule has 1 aromatic rings. The molecule has 1 aromatic heterocycles. The monoisotopic (exact) mass is 251 g/mol. The van der Waals surface area contributed by atoms with Crippen LogP contribution >= 0.6 is 0 Å². The third-order valence-corrected chi connectivity index (χ3v) is 2.94. The summed E-state index contributed by atoms with van der Waals surface area (Å²) < 4.78 is 5.48. The van der Waals surface area contributed by atoms with Gasteiger partial charge in [-0.15, -0.1) is 0 Å². The highest BCUT2D eigenvalue weighted by Crippen LogP contribution is 2.26. The molecule has 1 aliphatic carbocycles. The molecule has 0 aromatic carbocycles. The average Bonchev–Trinajstić information content (AvgIpc) is 2.84. The van der Waals surface area contributed by atoms with Gasteiger partial charge in [0.05, 0.1) is 12.2 Å². The van der Waals surface area contributed by atoms with Gasteiger partial charge in [0.25, 0.3) is 0 Å². The Labute approximate surface area is 105 Å². The average molecular weight is 251 g/mol. The van der Waals surface area contributed by atoms with Crippen molar-refractivity contribution in [1.29, 1.82) is 0 Å². The van der Waals surface area contributed by atoms with E-state index in [2.05, 4.69) is 10.1 Å². The molecule has 0 atom stereocenters. The van der Waals surface area contributed by atoms with Crippen molar-refractivity contribution in [3.8, 4) is 5.88 Å². The molecule has 0 bridgehead atoms. The lowest BCUT2D eigenvalue weighted by Gasteiger charge is -2.11. The Kier molecular flexibility index (Phi) is 3.99. The Morgan fingerprint density at radius 1 is 1.50 bits per heavy atom. The van der Waals surface area contributed by atoms with Crippen molar-refractivity contribution in [3.05, 3.63) is 22.9 Å². The summed E-state index contributed by atoms with van der Waals surface area (Å²) in [5, 5.41) is 20.5. The first-order chi connectivity index (χ1) is 8.76. The highest BCUT2D eigenvalue weighted by Gasteiger charge is 2.19. The third-order valence-electron chi connectivity index (χ3n) is 2.94. The molecule has 0 amide bonds. The van der Waals surface area contributed by atoms with Crippen LogP contribution in [0.4, 0.5) is 0 Å². The van der Waals surface area contributed by atoms with E-state index in [-0.39, 0.29) is 12.4 Å². The number of ether oxygens (including phenoxy) is 1. The number of rotatable bonds is 5. The number of pyridine rings is 1. The van der Waals surface area contributed by atoms with Crippen LogP contribution in [0.2, 0.25) is 0 Å². The van der Waals surface area contributed by atoms with E-state index in [0.717, 1.165) is 30.5 Å². The summed E-state index contributed by atoms with van der Waals surface area (Å²) in [5.74, 6) is 0.371. The second-order valence-electron chi connectivity index (χ2n) is 4.21. The number of nitrogens with two attached hydrogens (primary N) is 1. The van der Waals surface area contributed by atoms with Crippen LogP contribution < -0.4 is 10.5 Å². The zero-order chi connectivity index (χ0) is 13.0. The van der Waals surface area contributed by atoms with Gasteiger partial charge in [-0.25, -0.2) is 4.98 Å². The molecule has 0 radical (unpaired) electrons. The summed E-state index contributed by atoms with van der Waals surface area (Å²) in [7, 11) is 0. The maximum Gasteiger partial charge on any atom is 0.224 e. The fourth-order valence-electron chi connectivity index (χ4n) is 2.03. The van der Waals surface area contributed by atoms with Gasteiger partial charge in [-0.05, 0) is 30.9 Å². The quantitative estimate of drug-likeness (QED) is 0.231. The Bertz CT molecular complexity index is 460. The standard InChI is InChI=1S/C12H17N3O3/c13-11(15-17)9-7-8-3-1-4-10(8)14-12(9)18-6-2-5-16/h7,16-17H,1-6H2,(H2,13,15). The number of hydrogen-bond donors (Lipinski definition) is 3. The second kappa shape index (κ2) is 5.68. The first-order valence-corrected chi connectivity index (χ1v) is 6.00. The summed E-state index contributed by atoms with van der Waals surface area (Å²) in [6.45, 7) is 0.415. The van der Waals surface area contributed by atoms with Gasteiger partial charge in [-0.3, -0.25) is 0 Å². The minimum absolute atomic E-state index is 0.00352. The summed E-state index contributed by atoms with van der Waals surface area (Å²) in [6.07, 6.45) is 3.49. The molecular formula is C12H17N3O3. The number of aryl methyl sites for hydroxylation is 2. The topological polar surface area (TPSA) is 101 Å². The minimum atomic E-state index is -0.00352. The maximum atomic E-state index is 8.77. The van der Waals surface area contributed by atoms with Gasteiger partial charge < -0.3 is 20.8 Å². The van der Waals surface area contributed by atoms with Crippen molar-refractivity contribution in [2.24, 2.45) is 10.9 Å². The largest absolute Gasteiger partial charge is 0.477 e. The van der Waals surface area contributed by atoms with E-state index in [1.165, 1.54) is 0 Å². The molecule has 1 aliphatic rings. The van der Waals surface area contributed by atoms with Gasteiger partial charge in [0.15, 0.2) is 5.84 Å². The van der Waals surface area contributed by atoms with Crippen molar-refractivity contribution in [1.82, 2.24) is 4.98 Å². The van der Waals surface area contributed by atoms with Crippen LogP contribution in [0.25, 0.3) is 0 Å². The van der Waals surface area contributed by atoms with Crippen LogP contribution in [-0.4, -0.2) is 34.3 Å². The molecule has 2 rings (SSSR count). The van der Waals surface area contributed by atoms with Crippen molar-refractivity contribution in [2.45, 2.75) is 25.7 Å². The molecule has 6 nitrogen and oxygen atoms in total. The Balaban J connectivity index is 2.29. The molecule has 0 unspecified atom stereocenters. The lowest BCUT2D eigenvalue weighted by molar-refractivity contribution is 0.228. The Morgan fingerprint density at radius 3 is 3.06 bits per heavy atom. The van der Waals surface area contributed by atoms with Crippen LogP contribution in [0, 0.1) is 0 Å². The van der Waals surface area contributed by atoms with Crippen LogP contribution in [0.15, 0.2) is 11.2 Å². The Morgan fingerprint density at radius 2 is 2.33 bits per heavy atom. The van der Waals surface area contributed by atoms with E-state index in [1.807, 2.05) is 6.07 Å². The number of nitrogens with zero attached hydrogens (tertiary/aromatic N) is 2. The number of oxime groups is 1. The van der Waals surface area contributed by atoms with Gasteiger partial charge in [0.2, 0.25) is 5.88 Å². The smallest absolute Gasteiger partial charge is 0.224 e. The lowest BCUT2D eigenvalue weighted by Crippen LogP contribution is -2.17.